The molecule has 174 valence electrons. The van der Waals surface area contributed by atoms with E-state index in [1.54, 1.807) is 29.2 Å². The topological polar surface area (TPSA) is 89.1 Å². The quantitative estimate of drug-likeness (QED) is 0.474. The van der Waals surface area contributed by atoms with Crippen molar-refractivity contribution in [2.24, 2.45) is 0 Å². The third-order valence-electron chi connectivity index (χ3n) is 6.08. The fourth-order valence-electron chi connectivity index (χ4n) is 4.25. The number of fused-ring (bicyclic) bond motifs is 1. The molecule has 0 atom stereocenters. The molecule has 34 heavy (non-hydrogen) atoms. The van der Waals surface area contributed by atoms with Crippen LogP contribution in [0.25, 0.3) is 5.65 Å². The van der Waals surface area contributed by atoms with Gasteiger partial charge >= 0.3 is 0 Å². The van der Waals surface area contributed by atoms with Crippen molar-refractivity contribution in [2.75, 3.05) is 13.1 Å². The van der Waals surface area contributed by atoms with Crippen LogP contribution < -0.4 is 10.1 Å². The number of nitrogens with one attached hydrogen (secondary N) is 1. The summed E-state index contributed by atoms with van der Waals surface area (Å²) in [5.41, 5.74) is 3.25. The van der Waals surface area contributed by atoms with Gasteiger partial charge in [-0.15, -0.1) is 0 Å². The Hall–Kier alpha value is -4.07. The minimum absolute atomic E-state index is 0.0115. The number of benzene rings is 1. The number of amides is 2. The van der Waals surface area contributed by atoms with Gasteiger partial charge in [0, 0.05) is 31.5 Å². The van der Waals surface area contributed by atoms with Gasteiger partial charge in [0.1, 0.15) is 18.0 Å². The highest BCUT2D eigenvalue weighted by atomic mass is 16.5. The van der Waals surface area contributed by atoms with Gasteiger partial charge < -0.3 is 23.8 Å². The number of hydrogen-bond donors (Lipinski definition) is 1. The van der Waals surface area contributed by atoms with Gasteiger partial charge in [-0.2, -0.15) is 0 Å². The van der Waals surface area contributed by atoms with Crippen molar-refractivity contribution in [3.8, 4) is 5.75 Å². The number of aromatic nitrogens is 2. The third-order valence-corrected chi connectivity index (χ3v) is 6.08. The molecule has 1 aliphatic heterocycles. The standard InChI is InChI=1S/C26H26N4O4/c1-18-6-4-12-30-16-20(27-24(18)30)17-34-22-8-3-2-7-21(22)25(31)28-19-10-13-29(14-11-19)26(32)23-9-5-15-33-23/h2-9,12,15-16,19H,10-11,13-14,17H2,1H3,(H,28,31). The zero-order valence-corrected chi connectivity index (χ0v) is 18.9. The maximum absolute atomic E-state index is 13.0. The number of aryl methyl sites for hydroxylation is 1. The first-order valence-electron chi connectivity index (χ1n) is 11.4. The number of piperidine rings is 1. The molecule has 5 rings (SSSR count). The molecule has 8 heteroatoms. The summed E-state index contributed by atoms with van der Waals surface area (Å²) in [5, 5.41) is 3.10. The number of carbonyl (C=O) groups is 2. The Kier molecular flexibility index (Phi) is 6.03. The van der Waals surface area contributed by atoms with Crippen LogP contribution in [-0.4, -0.2) is 45.2 Å². The van der Waals surface area contributed by atoms with Crippen molar-refractivity contribution in [2.45, 2.75) is 32.4 Å². The molecule has 1 N–H and O–H groups in total. The number of ether oxygens (including phenoxy) is 1. The molecule has 0 radical (unpaired) electrons. The first kappa shape index (κ1) is 21.8. The van der Waals surface area contributed by atoms with E-state index in [2.05, 4.69) is 10.3 Å². The van der Waals surface area contributed by atoms with Gasteiger partial charge in [0.2, 0.25) is 0 Å². The van der Waals surface area contributed by atoms with Gasteiger partial charge in [-0.1, -0.05) is 18.2 Å². The van der Waals surface area contributed by atoms with Crippen LogP contribution in [0.3, 0.4) is 0 Å². The van der Waals surface area contributed by atoms with Gasteiger partial charge in [0.05, 0.1) is 17.5 Å². The number of likely N-dealkylation sites (tertiary alicyclic amines) is 1. The van der Waals surface area contributed by atoms with E-state index < -0.39 is 0 Å². The number of pyridine rings is 1. The van der Waals surface area contributed by atoms with Crippen molar-refractivity contribution in [1.82, 2.24) is 19.6 Å². The molecule has 2 amide bonds. The lowest BCUT2D eigenvalue weighted by Crippen LogP contribution is -2.46. The van der Waals surface area contributed by atoms with Gasteiger partial charge in [0.25, 0.3) is 11.8 Å². The van der Waals surface area contributed by atoms with Crippen molar-refractivity contribution in [3.05, 3.63) is 89.8 Å². The van der Waals surface area contributed by atoms with Crippen molar-refractivity contribution in [3.63, 3.8) is 0 Å². The fraction of sp³-hybridized carbons (Fsp3) is 0.269. The van der Waals surface area contributed by atoms with E-state index >= 15 is 0 Å². The van der Waals surface area contributed by atoms with Crippen LogP contribution >= 0.6 is 0 Å². The Labute approximate surface area is 197 Å². The normalized spacial score (nSPS) is 14.3. The first-order valence-corrected chi connectivity index (χ1v) is 11.4. The average Bonchev–Trinajstić information content (AvgIpc) is 3.54. The molecule has 8 nitrogen and oxygen atoms in total. The van der Waals surface area contributed by atoms with Crippen molar-refractivity contribution in [1.29, 1.82) is 0 Å². The molecule has 0 saturated carbocycles. The van der Waals surface area contributed by atoms with Gasteiger partial charge in [0.15, 0.2) is 5.76 Å². The van der Waals surface area contributed by atoms with E-state index in [1.807, 2.05) is 48.0 Å². The molecule has 0 bridgehead atoms. The summed E-state index contributed by atoms with van der Waals surface area (Å²) < 4.78 is 13.2. The van der Waals surface area contributed by atoms with Crippen LogP contribution in [0.2, 0.25) is 0 Å². The number of nitrogens with zero attached hydrogens (tertiary/aromatic N) is 3. The molecule has 4 heterocycles. The predicted octanol–water partition coefficient (Wildman–Crippen LogP) is 3.85. The monoisotopic (exact) mass is 458 g/mol. The highest BCUT2D eigenvalue weighted by molar-refractivity contribution is 5.97. The van der Waals surface area contributed by atoms with E-state index in [0.29, 0.717) is 43.0 Å². The molecule has 0 unspecified atom stereocenters. The van der Waals surface area contributed by atoms with E-state index in [-0.39, 0.29) is 24.5 Å². The van der Waals surface area contributed by atoms with Gasteiger partial charge in [-0.25, -0.2) is 4.98 Å². The largest absolute Gasteiger partial charge is 0.486 e. The van der Waals surface area contributed by atoms with Crippen LogP contribution in [0.1, 0.15) is 45.0 Å². The lowest BCUT2D eigenvalue weighted by atomic mass is 10.0. The van der Waals surface area contributed by atoms with E-state index in [4.69, 9.17) is 9.15 Å². The summed E-state index contributed by atoms with van der Waals surface area (Å²) in [6, 6.07) is 14.6. The Morgan fingerprint density at radius 1 is 1.12 bits per heavy atom. The molecular weight excluding hydrogens is 432 g/mol. The number of hydrogen-bond acceptors (Lipinski definition) is 5. The second kappa shape index (κ2) is 9.43. The summed E-state index contributed by atoms with van der Waals surface area (Å²) in [6.07, 6.45) is 6.75. The maximum atomic E-state index is 13.0. The average molecular weight is 459 g/mol. The maximum Gasteiger partial charge on any atom is 0.289 e. The molecule has 0 aliphatic carbocycles. The van der Waals surface area contributed by atoms with Gasteiger partial charge in [-0.05, 0) is 55.7 Å². The minimum atomic E-state index is -0.183. The van der Waals surface area contributed by atoms with Crippen molar-refractivity contribution < 1.29 is 18.7 Å². The first-order chi connectivity index (χ1) is 16.6. The number of furan rings is 1. The Morgan fingerprint density at radius 2 is 1.94 bits per heavy atom. The third kappa shape index (κ3) is 4.52. The van der Waals surface area contributed by atoms with Crippen molar-refractivity contribution >= 4 is 17.5 Å². The summed E-state index contributed by atoms with van der Waals surface area (Å²) in [4.78, 5) is 31.9. The lowest BCUT2D eigenvalue weighted by molar-refractivity contribution is 0.0667. The molecule has 1 saturated heterocycles. The zero-order valence-electron chi connectivity index (χ0n) is 18.9. The SMILES string of the molecule is Cc1cccn2cc(COc3ccccc3C(=O)NC3CCN(C(=O)c4ccco4)CC3)nc12. The van der Waals surface area contributed by atoms with Gasteiger partial charge in [-0.3, -0.25) is 9.59 Å². The summed E-state index contributed by atoms with van der Waals surface area (Å²) in [6.45, 7) is 3.41. The van der Waals surface area contributed by atoms with Crippen LogP contribution in [-0.2, 0) is 6.61 Å². The molecule has 3 aromatic heterocycles. The minimum Gasteiger partial charge on any atom is -0.486 e. The highest BCUT2D eigenvalue weighted by Gasteiger charge is 2.26. The number of imidazole rings is 1. The summed E-state index contributed by atoms with van der Waals surface area (Å²) in [5.74, 6) is 0.557. The summed E-state index contributed by atoms with van der Waals surface area (Å²) >= 11 is 0. The van der Waals surface area contributed by atoms with Crippen LogP contribution in [0.4, 0.5) is 0 Å². The van der Waals surface area contributed by atoms with E-state index in [9.17, 15) is 9.59 Å². The number of rotatable bonds is 6. The van der Waals surface area contributed by atoms with E-state index in [0.717, 1.165) is 16.9 Å². The Balaban J connectivity index is 1.19. The van der Waals surface area contributed by atoms with E-state index in [1.165, 1.54) is 6.26 Å². The zero-order chi connectivity index (χ0) is 23.5. The lowest BCUT2D eigenvalue weighted by Gasteiger charge is -2.32. The molecule has 1 aromatic carbocycles. The fourth-order valence-corrected chi connectivity index (χ4v) is 4.25. The molecule has 4 aromatic rings. The molecular formula is C26H26N4O4. The Morgan fingerprint density at radius 3 is 2.71 bits per heavy atom. The highest BCUT2D eigenvalue weighted by Crippen LogP contribution is 2.21. The van der Waals surface area contributed by atoms with Crippen LogP contribution in [0.5, 0.6) is 5.75 Å². The van der Waals surface area contributed by atoms with Crippen LogP contribution in [0, 0.1) is 6.92 Å². The Bertz CT molecular complexity index is 1300. The number of para-hydroxylation sites is 1. The second-order valence-corrected chi connectivity index (χ2v) is 8.46. The molecule has 0 spiro atoms. The summed E-state index contributed by atoms with van der Waals surface area (Å²) in [7, 11) is 0. The number of carbonyl (C=O) groups excluding carboxylic acids is 2. The molecule has 1 aliphatic rings. The van der Waals surface area contributed by atoms with Crippen LogP contribution in [0.15, 0.2) is 71.6 Å². The predicted molar refractivity (Wildman–Crippen MR) is 126 cm³/mol. The second-order valence-electron chi connectivity index (χ2n) is 8.46. The smallest absolute Gasteiger partial charge is 0.289 e. The molecule has 1 fully saturated rings.